The first kappa shape index (κ1) is 20.8. The topological polar surface area (TPSA) is 44.8 Å². The molecule has 2 aromatic carbocycles. The number of ether oxygens (including phenoxy) is 3. The van der Waals surface area contributed by atoms with Crippen LogP contribution in [0.15, 0.2) is 36.4 Å². The first-order valence-corrected chi connectivity index (χ1v) is 9.62. The molecule has 27 heavy (non-hydrogen) atoms. The lowest BCUT2D eigenvalue weighted by atomic mass is 9.96. The summed E-state index contributed by atoms with van der Waals surface area (Å²) in [4.78, 5) is 11.5. The van der Waals surface area contributed by atoms with Gasteiger partial charge in [0.25, 0.3) is 0 Å². The summed E-state index contributed by atoms with van der Waals surface area (Å²) in [6.07, 6.45) is 4.07. The molecule has 0 aliphatic rings. The van der Waals surface area contributed by atoms with E-state index < -0.39 is 0 Å². The van der Waals surface area contributed by atoms with Crippen LogP contribution in [0, 0.1) is 0 Å². The van der Waals surface area contributed by atoms with E-state index in [4.69, 9.17) is 14.2 Å². The fourth-order valence-corrected chi connectivity index (χ4v) is 3.22. The zero-order valence-corrected chi connectivity index (χ0v) is 16.8. The molecule has 2 rings (SSSR count). The van der Waals surface area contributed by atoms with Gasteiger partial charge in [-0.15, -0.1) is 0 Å². The number of rotatable bonds is 10. The van der Waals surface area contributed by atoms with Crippen molar-refractivity contribution in [1.29, 1.82) is 0 Å². The standard InChI is InChI=1S/C23H30O4/c1-5-8-19-16-18(12-14-21(19)25-3)20-15-17(11-13-22(20)26-4)9-7-10-23(24)27-6-2/h11-16H,5-10H2,1-4H3. The number of methoxy groups -OCH3 is 2. The Labute approximate surface area is 162 Å². The minimum absolute atomic E-state index is 0.134. The second-order valence-electron chi connectivity index (χ2n) is 6.47. The maximum atomic E-state index is 11.5. The summed E-state index contributed by atoms with van der Waals surface area (Å²) in [5.74, 6) is 1.63. The van der Waals surface area contributed by atoms with E-state index in [0.29, 0.717) is 13.0 Å². The maximum Gasteiger partial charge on any atom is 0.305 e. The summed E-state index contributed by atoms with van der Waals surface area (Å²) in [5.41, 5.74) is 4.56. The minimum atomic E-state index is -0.134. The lowest BCUT2D eigenvalue weighted by Gasteiger charge is -2.14. The Bertz CT molecular complexity index is 752. The van der Waals surface area contributed by atoms with E-state index in [1.807, 2.05) is 19.1 Å². The van der Waals surface area contributed by atoms with E-state index in [9.17, 15) is 4.79 Å². The van der Waals surface area contributed by atoms with Gasteiger partial charge in [-0.1, -0.05) is 25.5 Å². The Hall–Kier alpha value is -2.49. The maximum absolute atomic E-state index is 11.5. The molecule has 0 aromatic heterocycles. The third kappa shape index (κ3) is 5.75. The average Bonchev–Trinajstić information content (AvgIpc) is 2.68. The molecule has 0 heterocycles. The van der Waals surface area contributed by atoms with Crippen LogP contribution in [0.5, 0.6) is 11.5 Å². The molecule has 4 heteroatoms. The van der Waals surface area contributed by atoms with Gasteiger partial charge in [0.1, 0.15) is 11.5 Å². The molecule has 0 fully saturated rings. The highest BCUT2D eigenvalue weighted by Crippen LogP contribution is 2.34. The number of hydrogen-bond acceptors (Lipinski definition) is 4. The van der Waals surface area contributed by atoms with Crippen molar-refractivity contribution >= 4 is 5.97 Å². The van der Waals surface area contributed by atoms with Crippen molar-refractivity contribution < 1.29 is 19.0 Å². The molecule has 2 aromatic rings. The zero-order valence-electron chi connectivity index (χ0n) is 16.8. The van der Waals surface area contributed by atoms with E-state index in [2.05, 4.69) is 31.2 Å². The molecule has 0 saturated carbocycles. The Morgan fingerprint density at radius 3 is 2.33 bits per heavy atom. The molecule has 0 spiro atoms. The molecule has 146 valence electrons. The van der Waals surface area contributed by atoms with Gasteiger partial charge in [0.05, 0.1) is 20.8 Å². The molecule has 4 nitrogen and oxygen atoms in total. The summed E-state index contributed by atoms with van der Waals surface area (Å²) in [5, 5.41) is 0. The average molecular weight is 370 g/mol. The van der Waals surface area contributed by atoms with E-state index >= 15 is 0 Å². The third-order valence-corrected chi connectivity index (χ3v) is 4.53. The first-order chi connectivity index (χ1) is 13.1. The zero-order chi connectivity index (χ0) is 19.6. The monoisotopic (exact) mass is 370 g/mol. The number of carbonyl (C=O) groups excluding carboxylic acids is 1. The fraction of sp³-hybridized carbons (Fsp3) is 0.435. The SMILES string of the molecule is CCCc1cc(-c2cc(CCCC(=O)OCC)ccc2OC)ccc1OC. The molecular weight excluding hydrogens is 340 g/mol. The van der Waals surface area contributed by atoms with Crippen molar-refractivity contribution in [2.45, 2.75) is 46.0 Å². The second kappa shape index (κ2) is 10.6. The van der Waals surface area contributed by atoms with Crippen LogP contribution in [0.1, 0.15) is 44.2 Å². The van der Waals surface area contributed by atoms with Crippen LogP contribution >= 0.6 is 0 Å². The predicted molar refractivity (Wildman–Crippen MR) is 109 cm³/mol. The molecule has 0 amide bonds. The highest BCUT2D eigenvalue weighted by atomic mass is 16.5. The molecule has 0 N–H and O–H groups in total. The van der Waals surface area contributed by atoms with Crippen LogP contribution in [-0.4, -0.2) is 26.8 Å². The van der Waals surface area contributed by atoms with Crippen LogP contribution < -0.4 is 9.47 Å². The van der Waals surface area contributed by atoms with Crippen LogP contribution in [-0.2, 0) is 22.4 Å². The van der Waals surface area contributed by atoms with Crippen LogP contribution in [0.2, 0.25) is 0 Å². The number of benzene rings is 2. The Morgan fingerprint density at radius 2 is 1.67 bits per heavy atom. The van der Waals surface area contributed by atoms with E-state index in [1.54, 1.807) is 14.2 Å². The van der Waals surface area contributed by atoms with Crippen LogP contribution in [0.25, 0.3) is 11.1 Å². The number of hydrogen-bond donors (Lipinski definition) is 0. The largest absolute Gasteiger partial charge is 0.496 e. The van der Waals surface area contributed by atoms with E-state index in [-0.39, 0.29) is 5.97 Å². The lowest BCUT2D eigenvalue weighted by Crippen LogP contribution is -2.04. The predicted octanol–water partition coefficient (Wildman–Crippen LogP) is 5.21. The smallest absolute Gasteiger partial charge is 0.305 e. The molecule has 0 aliphatic carbocycles. The van der Waals surface area contributed by atoms with Crippen molar-refractivity contribution in [2.75, 3.05) is 20.8 Å². The number of carbonyl (C=O) groups is 1. The normalized spacial score (nSPS) is 10.5. The molecule has 0 bridgehead atoms. The van der Waals surface area contributed by atoms with Crippen LogP contribution in [0.4, 0.5) is 0 Å². The highest BCUT2D eigenvalue weighted by Gasteiger charge is 2.11. The number of aryl methyl sites for hydroxylation is 2. The van der Waals surface area contributed by atoms with Gasteiger partial charge in [-0.2, -0.15) is 0 Å². The second-order valence-corrected chi connectivity index (χ2v) is 6.47. The first-order valence-electron chi connectivity index (χ1n) is 9.62. The molecule has 0 saturated heterocycles. The Kier molecular flexibility index (Phi) is 8.18. The summed E-state index contributed by atoms with van der Waals surface area (Å²) in [6.45, 7) is 4.43. The van der Waals surface area contributed by atoms with Crippen molar-refractivity contribution in [3.8, 4) is 22.6 Å². The molecule has 0 aliphatic heterocycles. The molecule has 0 radical (unpaired) electrons. The molecule has 0 atom stereocenters. The van der Waals surface area contributed by atoms with Gasteiger partial charge in [0.2, 0.25) is 0 Å². The van der Waals surface area contributed by atoms with Crippen LogP contribution in [0.3, 0.4) is 0 Å². The van der Waals surface area contributed by atoms with Gasteiger partial charge in [0.15, 0.2) is 0 Å². The summed E-state index contributed by atoms with van der Waals surface area (Å²) in [6, 6.07) is 12.5. The fourth-order valence-electron chi connectivity index (χ4n) is 3.22. The van der Waals surface area contributed by atoms with E-state index in [1.165, 1.54) is 11.1 Å². The molecule has 0 unspecified atom stereocenters. The van der Waals surface area contributed by atoms with Crippen molar-refractivity contribution in [3.63, 3.8) is 0 Å². The Balaban J connectivity index is 2.24. The Morgan fingerprint density at radius 1 is 0.926 bits per heavy atom. The quantitative estimate of drug-likeness (QED) is 0.539. The van der Waals surface area contributed by atoms with Crippen molar-refractivity contribution in [2.24, 2.45) is 0 Å². The van der Waals surface area contributed by atoms with E-state index in [0.717, 1.165) is 48.3 Å². The third-order valence-electron chi connectivity index (χ3n) is 4.53. The lowest BCUT2D eigenvalue weighted by molar-refractivity contribution is -0.143. The number of esters is 1. The van der Waals surface area contributed by atoms with Gasteiger partial charge >= 0.3 is 5.97 Å². The van der Waals surface area contributed by atoms with Gasteiger partial charge in [0, 0.05) is 12.0 Å². The van der Waals surface area contributed by atoms with Crippen molar-refractivity contribution in [3.05, 3.63) is 47.5 Å². The van der Waals surface area contributed by atoms with Gasteiger partial charge in [-0.3, -0.25) is 4.79 Å². The highest BCUT2D eigenvalue weighted by molar-refractivity contribution is 5.73. The summed E-state index contributed by atoms with van der Waals surface area (Å²) >= 11 is 0. The van der Waals surface area contributed by atoms with Gasteiger partial charge in [-0.25, -0.2) is 0 Å². The minimum Gasteiger partial charge on any atom is -0.496 e. The van der Waals surface area contributed by atoms with Gasteiger partial charge < -0.3 is 14.2 Å². The van der Waals surface area contributed by atoms with Gasteiger partial charge in [-0.05, 0) is 67.1 Å². The summed E-state index contributed by atoms with van der Waals surface area (Å²) in [7, 11) is 3.40. The van der Waals surface area contributed by atoms with Crippen molar-refractivity contribution in [1.82, 2.24) is 0 Å². The summed E-state index contributed by atoms with van der Waals surface area (Å²) < 4.78 is 16.1. The molecular formula is C23H30O4.